The van der Waals surface area contributed by atoms with Crippen LogP contribution >= 0.6 is 0 Å². The van der Waals surface area contributed by atoms with Crippen molar-refractivity contribution in [2.24, 2.45) is 0 Å². The lowest BCUT2D eigenvalue weighted by Crippen LogP contribution is -2.48. The Bertz CT molecular complexity index is 724. The number of unbranched alkanes of at least 4 members (excludes halogenated alkanes) is 29. The normalized spacial score (nSPS) is 13.8. The van der Waals surface area contributed by atoms with E-state index in [1.54, 1.807) is 6.08 Å². The lowest BCUT2D eigenvalue weighted by molar-refractivity contribution is -0.131. The van der Waals surface area contributed by atoms with Gasteiger partial charge < -0.3 is 20.6 Å². The maximum absolute atomic E-state index is 12.4. The maximum Gasteiger partial charge on any atom is 0.249 e. The molecule has 0 fully saturated rings. The minimum atomic E-state index is -1.10. The Morgan fingerprint density at radius 3 is 1.18 bits per heavy atom. The highest BCUT2D eigenvalue weighted by Gasteiger charge is 2.22. The van der Waals surface area contributed by atoms with Crippen LogP contribution < -0.4 is 5.32 Å². The molecule has 0 rings (SSSR count). The molecule has 0 radical (unpaired) electrons. The van der Waals surface area contributed by atoms with Crippen LogP contribution in [0, 0.1) is 0 Å². The number of amides is 1. The van der Waals surface area contributed by atoms with Gasteiger partial charge in [0.2, 0.25) is 5.91 Å². The summed E-state index contributed by atoms with van der Waals surface area (Å²) in [6.07, 6.45) is 47.7. The van der Waals surface area contributed by atoms with Crippen molar-refractivity contribution in [3.05, 3.63) is 24.3 Å². The molecule has 0 aromatic rings. The number of hydrogen-bond donors (Lipinski definition) is 4. The maximum atomic E-state index is 12.4. The molecule has 1 amide bonds. The van der Waals surface area contributed by atoms with E-state index < -0.39 is 24.2 Å². The van der Waals surface area contributed by atoms with Crippen LogP contribution in [0.3, 0.4) is 0 Å². The molecule has 49 heavy (non-hydrogen) atoms. The average molecular weight is 692 g/mol. The molecule has 5 nitrogen and oxygen atoms in total. The number of carbonyl (C=O) groups excluding carboxylic acids is 1. The molecule has 290 valence electrons. The zero-order valence-corrected chi connectivity index (χ0v) is 32.8. The summed E-state index contributed by atoms with van der Waals surface area (Å²) in [7, 11) is 0. The first-order valence-corrected chi connectivity index (χ1v) is 21.7. The molecule has 0 saturated carbocycles. The molecule has 0 bridgehead atoms. The number of allylic oxidation sites excluding steroid dienone is 3. The number of aliphatic hydroxyl groups excluding tert-OH is 3. The summed E-state index contributed by atoms with van der Waals surface area (Å²) >= 11 is 0. The molecule has 0 spiro atoms. The van der Waals surface area contributed by atoms with Gasteiger partial charge in [0.25, 0.3) is 0 Å². The smallest absolute Gasteiger partial charge is 0.249 e. The third-order valence-electron chi connectivity index (χ3n) is 10.0. The molecule has 4 N–H and O–H groups in total. The second kappa shape index (κ2) is 39.6. The highest BCUT2D eigenvalue weighted by atomic mass is 16.3. The van der Waals surface area contributed by atoms with E-state index in [9.17, 15) is 20.1 Å². The monoisotopic (exact) mass is 692 g/mol. The fourth-order valence-electron chi connectivity index (χ4n) is 6.59. The van der Waals surface area contributed by atoms with Gasteiger partial charge in [-0.3, -0.25) is 4.79 Å². The van der Waals surface area contributed by atoms with E-state index in [-0.39, 0.29) is 6.61 Å². The molecule has 0 aliphatic carbocycles. The van der Waals surface area contributed by atoms with E-state index in [4.69, 9.17) is 0 Å². The summed E-state index contributed by atoms with van der Waals surface area (Å²) < 4.78 is 0. The molecular weight excluding hydrogens is 606 g/mol. The molecule has 0 aliphatic rings. The lowest BCUT2D eigenvalue weighted by Gasteiger charge is -2.21. The second-order valence-corrected chi connectivity index (χ2v) is 14.9. The standard InChI is InChI=1S/C44H85NO4/c1-3-5-7-9-11-13-15-17-19-20-21-22-23-25-27-29-31-33-35-37-39-43(48)44(49)45-41(40-46)42(47)38-36-34-32-30-28-26-24-18-16-14-12-10-8-6-4-2/h22-23,36,38,41-43,46-48H,3-21,24-35,37,39-40H2,1-2H3,(H,45,49)/b23-22-,38-36+. The van der Waals surface area contributed by atoms with Crippen molar-refractivity contribution in [1.82, 2.24) is 5.32 Å². The van der Waals surface area contributed by atoms with Gasteiger partial charge in [-0.1, -0.05) is 205 Å². The van der Waals surface area contributed by atoms with Gasteiger partial charge in [0.05, 0.1) is 18.8 Å². The van der Waals surface area contributed by atoms with Crippen LogP contribution in [0.25, 0.3) is 0 Å². The van der Waals surface area contributed by atoms with Gasteiger partial charge in [0, 0.05) is 0 Å². The van der Waals surface area contributed by atoms with Crippen LogP contribution in [0.1, 0.15) is 226 Å². The summed E-state index contributed by atoms with van der Waals surface area (Å²) in [4.78, 5) is 12.4. The van der Waals surface area contributed by atoms with E-state index in [1.807, 2.05) is 6.08 Å². The fourth-order valence-corrected chi connectivity index (χ4v) is 6.59. The SMILES string of the molecule is CCCCCCCCCCCC/C=C\CCCCCCCCC(O)C(=O)NC(CO)C(O)/C=C/CCCCCCCCCCCCCCC. The number of hydrogen-bond acceptors (Lipinski definition) is 4. The number of aliphatic hydroxyl groups is 3. The summed E-state index contributed by atoms with van der Waals surface area (Å²) in [5, 5.41) is 33.1. The number of carbonyl (C=O) groups is 1. The van der Waals surface area contributed by atoms with Crippen LogP contribution in [0.4, 0.5) is 0 Å². The summed E-state index contributed by atoms with van der Waals surface area (Å²) in [6, 6.07) is -0.797. The van der Waals surface area contributed by atoms with Gasteiger partial charge in [-0.25, -0.2) is 0 Å². The first kappa shape index (κ1) is 47.8. The van der Waals surface area contributed by atoms with Crippen molar-refractivity contribution < 1.29 is 20.1 Å². The van der Waals surface area contributed by atoms with Crippen molar-refractivity contribution in [3.8, 4) is 0 Å². The first-order valence-electron chi connectivity index (χ1n) is 21.7. The Labute approximate surface area is 305 Å². The van der Waals surface area contributed by atoms with Crippen molar-refractivity contribution >= 4 is 5.91 Å². The van der Waals surface area contributed by atoms with E-state index in [0.29, 0.717) is 6.42 Å². The van der Waals surface area contributed by atoms with Gasteiger partial charge in [0.15, 0.2) is 0 Å². The summed E-state index contributed by atoms with van der Waals surface area (Å²) in [6.45, 7) is 4.18. The minimum Gasteiger partial charge on any atom is -0.394 e. The van der Waals surface area contributed by atoms with Crippen LogP contribution in [-0.2, 0) is 4.79 Å². The van der Waals surface area contributed by atoms with Crippen LogP contribution in [0.15, 0.2) is 24.3 Å². The molecule has 0 saturated heterocycles. The van der Waals surface area contributed by atoms with Crippen molar-refractivity contribution in [2.45, 2.75) is 244 Å². The van der Waals surface area contributed by atoms with Gasteiger partial charge in [-0.2, -0.15) is 0 Å². The third kappa shape index (κ3) is 35.0. The van der Waals surface area contributed by atoms with Gasteiger partial charge >= 0.3 is 0 Å². The third-order valence-corrected chi connectivity index (χ3v) is 10.0. The average Bonchev–Trinajstić information content (AvgIpc) is 3.11. The zero-order valence-electron chi connectivity index (χ0n) is 32.8. The minimum absolute atomic E-state index is 0.364. The number of rotatable bonds is 39. The van der Waals surface area contributed by atoms with Gasteiger partial charge in [-0.05, 0) is 44.9 Å². The zero-order chi connectivity index (χ0) is 35.9. The molecule has 5 heteroatoms. The number of nitrogens with one attached hydrogen (secondary N) is 1. The van der Waals surface area contributed by atoms with Crippen molar-refractivity contribution in [3.63, 3.8) is 0 Å². The van der Waals surface area contributed by atoms with Crippen LogP contribution in [0.2, 0.25) is 0 Å². The summed E-state index contributed by atoms with van der Waals surface area (Å²) in [5.41, 5.74) is 0. The van der Waals surface area contributed by atoms with E-state index in [2.05, 4.69) is 31.3 Å². The molecule has 0 aromatic heterocycles. The second-order valence-electron chi connectivity index (χ2n) is 14.9. The Kier molecular flexibility index (Phi) is 38.7. The van der Waals surface area contributed by atoms with E-state index in [1.165, 1.54) is 173 Å². The Morgan fingerprint density at radius 1 is 0.490 bits per heavy atom. The molecule has 3 atom stereocenters. The highest BCUT2D eigenvalue weighted by molar-refractivity contribution is 5.80. The molecule has 0 heterocycles. The Hall–Kier alpha value is -1.17. The van der Waals surface area contributed by atoms with Crippen molar-refractivity contribution in [2.75, 3.05) is 6.61 Å². The predicted molar refractivity (Wildman–Crippen MR) is 213 cm³/mol. The topological polar surface area (TPSA) is 89.8 Å². The largest absolute Gasteiger partial charge is 0.394 e. The molecule has 0 aromatic carbocycles. The fraction of sp³-hybridized carbons (Fsp3) is 0.886. The van der Waals surface area contributed by atoms with Crippen LogP contribution in [0.5, 0.6) is 0 Å². The Morgan fingerprint density at radius 2 is 0.816 bits per heavy atom. The predicted octanol–water partition coefficient (Wildman–Crippen LogP) is 12.2. The van der Waals surface area contributed by atoms with E-state index >= 15 is 0 Å². The van der Waals surface area contributed by atoms with E-state index in [0.717, 1.165) is 32.1 Å². The quantitative estimate of drug-likeness (QED) is 0.0381. The molecule has 0 aliphatic heterocycles. The van der Waals surface area contributed by atoms with Gasteiger partial charge in [0.1, 0.15) is 6.10 Å². The van der Waals surface area contributed by atoms with Gasteiger partial charge in [-0.15, -0.1) is 0 Å². The Balaban J connectivity index is 3.68. The van der Waals surface area contributed by atoms with Crippen LogP contribution in [-0.4, -0.2) is 46.1 Å². The lowest BCUT2D eigenvalue weighted by atomic mass is 10.0. The molecule has 3 unspecified atom stereocenters. The summed E-state index contributed by atoms with van der Waals surface area (Å²) in [5.74, 6) is -0.507. The first-order chi connectivity index (χ1) is 24.1. The molecular formula is C44H85NO4. The highest BCUT2D eigenvalue weighted by Crippen LogP contribution is 2.15. The van der Waals surface area contributed by atoms with Crippen molar-refractivity contribution in [1.29, 1.82) is 0 Å².